The fourth-order valence-electron chi connectivity index (χ4n) is 5.37. The van der Waals surface area contributed by atoms with Gasteiger partial charge >= 0.3 is 0 Å². The van der Waals surface area contributed by atoms with Crippen LogP contribution in [0.5, 0.6) is 0 Å². The first-order chi connectivity index (χ1) is 15.9. The highest BCUT2D eigenvalue weighted by atomic mass is 14.4. The fraction of sp³-hybridized carbons (Fsp3) is 0.0645. The average Bonchev–Trinajstić information content (AvgIpc) is 3.26. The van der Waals surface area contributed by atoms with Crippen LogP contribution in [0.4, 0.5) is 0 Å². The summed E-state index contributed by atoms with van der Waals surface area (Å²) in [6.07, 6.45) is 0.958. The van der Waals surface area contributed by atoms with Gasteiger partial charge in [0, 0.05) is 16.9 Å². The van der Waals surface area contributed by atoms with Gasteiger partial charge in [0.15, 0.2) is 0 Å². The molecule has 0 N–H and O–H groups in total. The highest BCUT2D eigenvalue weighted by Crippen LogP contribution is 2.52. The van der Waals surface area contributed by atoms with Crippen molar-refractivity contribution in [1.82, 2.24) is 0 Å². The van der Waals surface area contributed by atoms with Gasteiger partial charge in [-0.2, -0.15) is 5.26 Å². The van der Waals surface area contributed by atoms with Crippen LogP contribution in [0.25, 0.3) is 33.0 Å². The van der Waals surface area contributed by atoms with E-state index in [1.807, 2.05) is 6.07 Å². The SMILES string of the molecule is N#Cc1c(-c2ccccc2)c(-c2ccccc2)c2c3c(cccc13)CC2c1ccccc1. The van der Waals surface area contributed by atoms with E-state index in [4.69, 9.17) is 0 Å². The molecule has 32 heavy (non-hydrogen) atoms. The van der Waals surface area contributed by atoms with E-state index in [0.29, 0.717) is 0 Å². The molecule has 1 nitrogen and oxygen atoms in total. The van der Waals surface area contributed by atoms with Gasteiger partial charge in [-0.05, 0) is 45.2 Å². The lowest BCUT2D eigenvalue weighted by atomic mass is 9.80. The molecule has 0 amide bonds. The molecule has 1 aliphatic carbocycles. The van der Waals surface area contributed by atoms with Gasteiger partial charge in [0.25, 0.3) is 0 Å². The first-order valence-electron chi connectivity index (χ1n) is 11.0. The van der Waals surface area contributed by atoms with Crippen LogP contribution in [0.15, 0.2) is 109 Å². The molecule has 0 aromatic heterocycles. The van der Waals surface area contributed by atoms with Gasteiger partial charge in [-0.1, -0.05) is 109 Å². The highest BCUT2D eigenvalue weighted by molar-refractivity contribution is 6.08. The van der Waals surface area contributed by atoms with Crippen LogP contribution < -0.4 is 0 Å². The van der Waals surface area contributed by atoms with Crippen molar-refractivity contribution in [3.63, 3.8) is 0 Å². The zero-order valence-electron chi connectivity index (χ0n) is 17.6. The van der Waals surface area contributed by atoms with Gasteiger partial charge in [0.1, 0.15) is 6.07 Å². The minimum Gasteiger partial charge on any atom is -0.192 e. The molecule has 1 heteroatoms. The molecular formula is C31H21N. The maximum Gasteiger partial charge on any atom is 0.100 e. The lowest BCUT2D eigenvalue weighted by Crippen LogP contribution is -2.03. The predicted molar refractivity (Wildman–Crippen MR) is 132 cm³/mol. The van der Waals surface area contributed by atoms with Crippen molar-refractivity contribution in [3.05, 3.63) is 131 Å². The summed E-state index contributed by atoms with van der Waals surface area (Å²) in [4.78, 5) is 0. The summed E-state index contributed by atoms with van der Waals surface area (Å²) in [5, 5.41) is 12.7. The molecule has 0 spiro atoms. The first kappa shape index (κ1) is 18.6. The summed E-state index contributed by atoms with van der Waals surface area (Å²) in [7, 11) is 0. The van der Waals surface area contributed by atoms with Crippen LogP contribution in [0.3, 0.4) is 0 Å². The normalized spacial score (nSPS) is 14.4. The van der Waals surface area contributed by atoms with Crippen LogP contribution >= 0.6 is 0 Å². The average molecular weight is 408 g/mol. The predicted octanol–water partition coefficient (Wildman–Crippen LogP) is 7.73. The third-order valence-corrected chi connectivity index (χ3v) is 6.67. The van der Waals surface area contributed by atoms with E-state index in [1.54, 1.807) is 0 Å². The van der Waals surface area contributed by atoms with Crippen molar-refractivity contribution in [2.45, 2.75) is 12.3 Å². The lowest BCUT2D eigenvalue weighted by Gasteiger charge is -2.22. The molecule has 0 fully saturated rings. The monoisotopic (exact) mass is 407 g/mol. The second-order valence-electron chi connectivity index (χ2n) is 8.39. The Labute approximate surface area is 188 Å². The van der Waals surface area contributed by atoms with Gasteiger partial charge in [-0.25, -0.2) is 0 Å². The molecule has 0 radical (unpaired) electrons. The molecule has 0 aliphatic heterocycles. The largest absolute Gasteiger partial charge is 0.192 e. The molecule has 0 bridgehead atoms. The zero-order valence-corrected chi connectivity index (χ0v) is 17.6. The second kappa shape index (κ2) is 7.52. The van der Waals surface area contributed by atoms with Gasteiger partial charge in [-0.15, -0.1) is 0 Å². The van der Waals surface area contributed by atoms with E-state index in [0.717, 1.165) is 34.1 Å². The van der Waals surface area contributed by atoms with Gasteiger partial charge in [0.2, 0.25) is 0 Å². The Morgan fingerprint density at radius 2 is 1.22 bits per heavy atom. The molecule has 5 aromatic carbocycles. The van der Waals surface area contributed by atoms with Gasteiger partial charge < -0.3 is 0 Å². The van der Waals surface area contributed by atoms with Crippen LogP contribution in [0.2, 0.25) is 0 Å². The molecule has 1 atom stereocenters. The topological polar surface area (TPSA) is 23.8 Å². The zero-order chi connectivity index (χ0) is 21.5. The van der Waals surface area contributed by atoms with E-state index < -0.39 is 0 Å². The van der Waals surface area contributed by atoms with Crippen LogP contribution in [0.1, 0.15) is 28.2 Å². The van der Waals surface area contributed by atoms with Crippen LogP contribution in [-0.2, 0) is 6.42 Å². The van der Waals surface area contributed by atoms with Gasteiger partial charge in [0.05, 0.1) is 5.56 Å². The van der Waals surface area contributed by atoms with E-state index >= 15 is 0 Å². The smallest absolute Gasteiger partial charge is 0.100 e. The Morgan fingerprint density at radius 3 is 1.84 bits per heavy atom. The lowest BCUT2D eigenvalue weighted by molar-refractivity contribution is 0.849. The molecule has 0 saturated carbocycles. The maximum atomic E-state index is 10.4. The minimum atomic E-state index is 0.265. The second-order valence-corrected chi connectivity index (χ2v) is 8.39. The van der Waals surface area contributed by atoms with E-state index in [2.05, 4.69) is 109 Å². The molecule has 0 saturated heterocycles. The summed E-state index contributed by atoms with van der Waals surface area (Å²) >= 11 is 0. The summed E-state index contributed by atoms with van der Waals surface area (Å²) in [6.45, 7) is 0. The third kappa shape index (κ3) is 2.77. The Balaban J connectivity index is 1.82. The highest BCUT2D eigenvalue weighted by Gasteiger charge is 2.33. The van der Waals surface area contributed by atoms with Crippen molar-refractivity contribution in [3.8, 4) is 28.3 Å². The Hall–Kier alpha value is -4.15. The Kier molecular flexibility index (Phi) is 4.37. The van der Waals surface area contributed by atoms with Gasteiger partial charge in [-0.3, -0.25) is 0 Å². The summed E-state index contributed by atoms with van der Waals surface area (Å²) in [5.41, 5.74) is 9.27. The van der Waals surface area contributed by atoms with Crippen molar-refractivity contribution >= 4 is 10.8 Å². The van der Waals surface area contributed by atoms with E-state index in [-0.39, 0.29) is 5.92 Å². The molecule has 6 rings (SSSR count). The molecule has 5 aromatic rings. The molecule has 1 aliphatic rings. The quantitative estimate of drug-likeness (QED) is 0.300. The summed E-state index contributed by atoms with van der Waals surface area (Å²) in [6, 6.07) is 40.8. The number of hydrogen-bond donors (Lipinski definition) is 0. The molecular weight excluding hydrogens is 386 g/mol. The Bertz CT molecular complexity index is 1480. The van der Waals surface area contributed by atoms with Crippen molar-refractivity contribution in [2.75, 3.05) is 0 Å². The molecule has 150 valence electrons. The van der Waals surface area contributed by atoms with Crippen molar-refractivity contribution in [1.29, 1.82) is 5.26 Å². The minimum absolute atomic E-state index is 0.265. The van der Waals surface area contributed by atoms with E-state index in [9.17, 15) is 5.26 Å². The summed E-state index contributed by atoms with van der Waals surface area (Å²) in [5.74, 6) is 0.265. The summed E-state index contributed by atoms with van der Waals surface area (Å²) < 4.78 is 0. The number of hydrogen-bond acceptors (Lipinski definition) is 1. The number of nitriles is 1. The maximum absolute atomic E-state index is 10.4. The first-order valence-corrected chi connectivity index (χ1v) is 11.0. The Morgan fingerprint density at radius 1 is 0.625 bits per heavy atom. The number of nitrogens with zero attached hydrogens (tertiary/aromatic N) is 1. The number of benzene rings is 5. The molecule has 0 heterocycles. The number of rotatable bonds is 3. The third-order valence-electron chi connectivity index (χ3n) is 6.67. The van der Waals surface area contributed by atoms with Crippen molar-refractivity contribution < 1.29 is 0 Å². The van der Waals surface area contributed by atoms with Crippen LogP contribution in [0, 0.1) is 11.3 Å². The fourth-order valence-corrected chi connectivity index (χ4v) is 5.37. The molecule has 1 unspecified atom stereocenters. The van der Waals surface area contributed by atoms with Crippen molar-refractivity contribution in [2.24, 2.45) is 0 Å². The standard InChI is InChI=1S/C31H21N/c32-20-27-25-18-10-17-24-19-26(21-11-4-1-5-12-21)31(29(24)25)30(23-15-8-3-9-16-23)28(27)22-13-6-2-7-14-22/h1-18,26H,19H2. The van der Waals surface area contributed by atoms with E-state index in [1.165, 1.54) is 27.6 Å². The van der Waals surface area contributed by atoms with Crippen LogP contribution in [-0.4, -0.2) is 0 Å².